The average molecular weight is 545 g/mol. The van der Waals surface area contributed by atoms with Crippen LogP contribution in [0.15, 0.2) is 29.3 Å². The summed E-state index contributed by atoms with van der Waals surface area (Å²) in [5, 5.41) is 14.2. The van der Waals surface area contributed by atoms with E-state index >= 15 is 0 Å². The highest BCUT2D eigenvalue weighted by atomic mass is 127. The fraction of sp³-hybridized carbons (Fsp3) is 0.682. The molecule has 0 saturated carbocycles. The zero-order valence-electron chi connectivity index (χ0n) is 18.5. The SMILES string of the molecule is CCNC(=NCCCCc1ccc([N+](=O)[O-])cc1)N1CCC(CN2CCOCC2)C1.I. The third kappa shape index (κ3) is 8.53. The van der Waals surface area contributed by atoms with E-state index < -0.39 is 0 Å². The molecule has 2 aliphatic heterocycles. The molecule has 0 spiro atoms. The maximum absolute atomic E-state index is 10.7. The molecule has 0 aliphatic carbocycles. The predicted molar refractivity (Wildman–Crippen MR) is 134 cm³/mol. The van der Waals surface area contributed by atoms with Crippen LogP contribution in [-0.4, -0.2) is 79.7 Å². The first-order valence-electron chi connectivity index (χ1n) is 11.2. The second kappa shape index (κ2) is 13.8. The molecule has 8 nitrogen and oxygen atoms in total. The van der Waals surface area contributed by atoms with E-state index in [1.165, 1.54) is 6.42 Å². The van der Waals surface area contributed by atoms with Gasteiger partial charge in [-0.15, -0.1) is 24.0 Å². The summed E-state index contributed by atoms with van der Waals surface area (Å²) in [5.41, 5.74) is 1.29. The fourth-order valence-electron chi connectivity index (χ4n) is 4.16. The molecule has 1 aromatic rings. The first-order valence-corrected chi connectivity index (χ1v) is 11.2. The number of guanidine groups is 1. The Hall–Kier alpha value is -1.46. The summed E-state index contributed by atoms with van der Waals surface area (Å²) in [5.74, 6) is 1.74. The molecule has 1 unspecified atom stereocenters. The molecule has 3 rings (SSSR count). The Morgan fingerprint density at radius 3 is 2.65 bits per heavy atom. The number of morpholine rings is 1. The minimum atomic E-state index is -0.357. The van der Waals surface area contributed by atoms with Gasteiger partial charge in [0.15, 0.2) is 5.96 Å². The molecule has 2 fully saturated rings. The third-order valence-electron chi connectivity index (χ3n) is 5.82. The number of rotatable bonds is 9. The van der Waals surface area contributed by atoms with Gasteiger partial charge in [0.1, 0.15) is 0 Å². The van der Waals surface area contributed by atoms with Crippen molar-refractivity contribution in [1.29, 1.82) is 0 Å². The summed E-state index contributed by atoms with van der Waals surface area (Å²) in [6.45, 7) is 10.9. The number of nitrogens with zero attached hydrogens (tertiary/aromatic N) is 4. The lowest BCUT2D eigenvalue weighted by molar-refractivity contribution is -0.384. The Morgan fingerprint density at radius 2 is 1.97 bits per heavy atom. The summed E-state index contributed by atoms with van der Waals surface area (Å²) in [6, 6.07) is 6.86. The molecule has 0 bridgehead atoms. The van der Waals surface area contributed by atoms with Crippen LogP contribution in [0.4, 0.5) is 5.69 Å². The molecule has 31 heavy (non-hydrogen) atoms. The van der Waals surface area contributed by atoms with Crippen molar-refractivity contribution in [3.05, 3.63) is 39.9 Å². The first kappa shape index (κ1) is 25.8. The Bertz CT molecular complexity index is 695. The lowest BCUT2D eigenvalue weighted by atomic mass is 10.1. The maximum atomic E-state index is 10.7. The zero-order valence-corrected chi connectivity index (χ0v) is 20.8. The van der Waals surface area contributed by atoms with Crippen molar-refractivity contribution < 1.29 is 9.66 Å². The smallest absolute Gasteiger partial charge is 0.269 e. The predicted octanol–water partition coefficient (Wildman–Crippen LogP) is 3.16. The largest absolute Gasteiger partial charge is 0.379 e. The molecule has 2 aliphatic rings. The quantitative estimate of drug-likeness (QED) is 0.128. The highest BCUT2D eigenvalue weighted by molar-refractivity contribution is 14.0. The fourth-order valence-corrected chi connectivity index (χ4v) is 4.16. The molecular formula is C22H36IN5O3. The van der Waals surface area contributed by atoms with Crippen molar-refractivity contribution in [3.8, 4) is 0 Å². The summed E-state index contributed by atoms with van der Waals surface area (Å²) in [4.78, 5) is 20.2. The van der Waals surface area contributed by atoms with E-state index in [9.17, 15) is 10.1 Å². The van der Waals surface area contributed by atoms with Crippen LogP contribution in [0.1, 0.15) is 31.7 Å². The summed E-state index contributed by atoms with van der Waals surface area (Å²) in [7, 11) is 0. The molecule has 2 heterocycles. The van der Waals surface area contributed by atoms with E-state index in [4.69, 9.17) is 9.73 Å². The zero-order chi connectivity index (χ0) is 21.2. The van der Waals surface area contributed by atoms with E-state index in [2.05, 4.69) is 22.0 Å². The minimum Gasteiger partial charge on any atom is -0.379 e. The molecule has 1 aromatic carbocycles. The van der Waals surface area contributed by atoms with E-state index in [1.54, 1.807) is 12.1 Å². The Morgan fingerprint density at radius 1 is 1.23 bits per heavy atom. The normalized spacial score (nSPS) is 19.8. The molecule has 0 radical (unpaired) electrons. The van der Waals surface area contributed by atoms with Gasteiger partial charge in [0, 0.05) is 57.9 Å². The molecule has 1 N–H and O–H groups in total. The van der Waals surface area contributed by atoms with E-state index in [0.29, 0.717) is 5.92 Å². The number of hydrogen-bond donors (Lipinski definition) is 1. The lowest BCUT2D eigenvalue weighted by Crippen LogP contribution is -2.42. The number of ether oxygens (including phenoxy) is 1. The summed E-state index contributed by atoms with van der Waals surface area (Å²) < 4.78 is 5.45. The Kier molecular flexibility index (Phi) is 11.5. The average Bonchev–Trinajstić information content (AvgIpc) is 3.22. The number of likely N-dealkylation sites (tertiary alicyclic amines) is 1. The van der Waals surface area contributed by atoms with Crippen molar-refractivity contribution in [2.75, 3.05) is 59.0 Å². The van der Waals surface area contributed by atoms with Crippen LogP contribution < -0.4 is 5.32 Å². The molecule has 2 saturated heterocycles. The Labute approximate surface area is 202 Å². The van der Waals surface area contributed by atoms with Gasteiger partial charge >= 0.3 is 0 Å². The lowest BCUT2D eigenvalue weighted by Gasteiger charge is -2.29. The highest BCUT2D eigenvalue weighted by Crippen LogP contribution is 2.18. The van der Waals surface area contributed by atoms with Crippen molar-refractivity contribution in [2.24, 2.45) is 10.9 Å². The van der Waals surface area contributed by atoms with Crippen LogP contribution in [0.3, 0.4) is 0 Å². The first-order chi connectivity index (χ1) is 14.7. The number of aryl methyl sites for hydroxylation is 1. The number of nitro benzene ring substituents is 1. The van der Waals surface area contributed by atoms with Gasteiger partial charge in [-0.2, -0.15) is 0 Å². The van der Waals surface area contributed by atoms with Crippen molar-refractivity contribution in [2.45, 2.75) is 32.6 Å². The molecular weight excluding hydrogens is 509 g/mol. The number of nitrogens with one attached hydrogen (secondary N) is 1. The second-order valence-corrected chi connectivity index (χ2v) is 8.13. The van der Waals surface area contributed by atoms with Crippen LogP contribution in [0.2, 0.25) is 0 Å². The molecule has 174 valence electrons. The molecule has 1 atom stereocenters. The molecule has 0 aromatic heterocycles. The van der Waals surface area contributed by atoms with Gasteiger partial charge in [0.25, 0.3) is 5.69 Å². The van der Waals surface area contributed by atoms with Crippen molar-refractivity contribution in [3.63, 3.8) is 0 Å². The summed E-state index contributed by atoms with van der Waals surface area (Å²) >= 11 is 0. The Balaban J connectivity index is 0.00000341. The van der Waals surface area contributed by atoms with Crippen molar-refractivity contribution in [1.82, 2.24) is 15.1 Å². The number of benzene rings is 1. The molecule has 0 amide bonds. The highest BCUT2D eigenvalue weighted by Gasteiger charge is 2.27. The van der Waals surface area contributed by atoms with Crippen LogP contribution >= 0.6 is 24.0 Å². The van der Waals surface area contributed by atoms with Crippen LogP contribution in [0.25, 0.3) is 0 Å². The van der Waals surface area contributed by atoms with Gasteiger partial charge in [0.2, 0.25) is 0 Å². The third-order valence-corrected chi connectivity index (χ3v) is 5.82. The van der Waals surface area contributed by atoms with E-state index in [1.807, 2.05) is 12.1 Å². The second-order valence-electron chi connectivity index (χ2n) is 8.13. The number of non-ortho nitro benzene ring substituents is 1. The van der Waals surface area contributed by atoms with Crippen molar-refractivity contribution >= 4 is 35.6 Å². The van der Waals surface area contributed by atoms with E-state index in [-0.39, 0.29) is 34.6 Å². The van der Waals surface area contributed by atoms with Gasteiger partial charge in [-0.25, -0.2) is 0 Å². The van der Waals surface area contributed by atoms with Crippen LogP contribution in [0.5, 0.6) is 0 Å². The van der Waals surface area contributed by atoms with Gasteiger partial charge in [-0.1, -0.05) is 12.1 Å². The van der Waals surface area contributed by atoms with Gasteiger partial charge in [-0.3, -0.25) is 20.0 Å². The van der Waals surface area contributed by atoms with Crippen LogP contribution in [0, 0.1) is 16.0 Å². The summed E-state index contributed by atoms with van der Waals surface area (Å²) in [6.07, 6.45) is 4.19. The number of halogens is 1. The topological polar surface area (TPSA) is 83.2 Å². The number of aliphatic imine (C=N–C) groups is 1. The van der Waals surface area contributed by atoms with Gasteiger partial charge in [0.05, 0.1) is 18.1 Å². The maximum Gasteiger partial charge on any atom is 0.269 e. The number of hydrogen-bond acceptors (Lipinski definition) is 5. The number of unbranched alkanes of at least 4 members (excludes halogenated alkanes) is 1. The van der Waals surface area contributed by atoms with Gasteiger partial charge < -0.3 is 15.0 Å². The standard InChI is InChI=1S/C22H35N5O3.HI/c1-2-23-22(26-12-10-20(18-26)17-25-13-15-30-16-14-25)24-11-4-3-5-19-6-8-21(9-7-19)27(28)29;/h6-9,20H,2-5,10-18H2,1H3,(H,23,24);1H. The monoisotopic (exact) mass is 545 g/mol. The van der Waals surface area contributed by atoms with Crippen LogP contribution in [-0.2, 0) is 11.2 Å². The van der Waals surface area contributed by atoms with Gasteiger partial charge in [-0.05, 0) is 44.1 Å². The number of nitro groups is 1. The minimum absolute atomic E-state index is 0. The van der Waals surface area contributed by atoms with E-state index in [0.717, 1.165) is 89.8 Å². The molecule has 9 heteroatoms.